The van der Waals surface area contributed by atoms with Gasteiger partial charge in [0.1, 0.15) is 17.1 Å². The number of carbonyl (C=O) groups is 1. The Morgan fingerprint density at radius 3 is 2.55 bits per heavy atom. The van der Waals surface area contributed by atoms with Gasteiger partial charge in [-0.05, 0) is 43.5 Å². The predicted molar refractivity (Wildman–Crippen MR) is 131 cm³/mol. The molecule has 0 spiro atoms. The van der Waals surface area contributed by atoms with E-state index in [1.807, 2.05) is 44.2 Å². The largest absolute Gasteiger partial charge is 0.497 e. The van der Waals surface area contributed by atoms with Crippen molar-refractivity contribution >= 4 is 27.5 Å². The minimum Gasteiger partial charge on any atom is -0.497 e. The van der Waals surface area contributed by atoms with Crippen LogP contribution in [0.4, 0.5) is 0 Å². The van der Waals surface area contributed by atoms with Gasteiger partial charge in [-0.25, -0.2) is 9.36 Å². The average Bonchev–Trinajstić information content (AvgIpc) is 3.12. The maximum absolute atomic E-state index is 13.5. The molecule has 0 aliphatic carbocycles. The lowest BCUT2D eigenvalue weighted by molar-refractivity contribution is -0.121. The Hall–Kier alpha value is -3.65. The summed E-state index contributed by atoms with van der Waals surface area (Å²) < 4.78 is 7.76. The van der Waals surface area contributed by atoms with Crippen LogP contribution in [0.3, 0.4) is 0 Å². The molecule has 33 heavy (non-hydrogen) atoms. The van der Waals surface area contributed by atoms with Gasteiger partial charge in [-0.15, -0.1) is 11.3 Å². The quantitative estimate of drug-likeness (QED) is 0.456. The molecule has 0 unspecified atom stereocenters. The number of benzene rings is 2. The number of aromatic nitrogens is 2. The van der Waals surface area contributed by atoms with Gasteiger partial charge in [0.05, 0.1) is 18.2 Å². The van der Waals surface area contributed by atoms with Gasteiger partial charge in [0.2, 0.25) is 5.91 Å². The van der Waals surface area contributed by atoms with E-state index < -0.39 is 11.2 Å². The van der Waals surface area contributed by atoms with Crippen LogP contribution < -0.4 is 21.3 Å². The first kappa shape index (κ1) is 22.5. The van der Waals surface area contributed by atoms with Crippen LogP contribution in [0.2, 0.25) is 0 Å². The van der Waals surface area contributed by atoms with Crippen molar-refractivity contribution in [2.24, 2.45) is 0 Å². The third-order valence-corrected chi connectivity index (χ3v) is 6.87. The van der Waals surface area contributed by atoms with Crippen LogP contribution in [-0.4, -0.2) is 28.7 Å². The fraction of sp³-hybridized carbons (Fsp3) is 0.240. The number of aryl methyl sites for hydroxylation is 2. The van der Waals surface area contributed by atoms with Gasteiger partial charge in [-0.3, -0.25) is 14.2 Å². The van der Waals surface area contributed by atoms with Crippen molar-refractivity contribution in [2.45, 2.75) is 26.8 Å². The standard InChI is InChI=1S/C25H25N3O4S/c1-16-17(2)33-24-22(16)23(30)28(19-10-7-11-20(14-19)32-3)25(31)27(24)15-21(29)26-13-12-18-8-5-4-6-9-18/h4-11,14H,12-13,15H2,1-3H3,(H,26,29). The predicted octanol–water partition coefficient (Wildman–Crippen LogP) is 3.20. The fourth-order valence-corrected chi connectivity index (χ4v) is 4.90. The molecule has 0 bridgehead atoms. The summed E-state index contributed by atoms with van der Waals surface area (Å²) in [6.07, 6.45) is 0.692. The second-order valence-corrected chi connectivity index (χ2v) is 8.96. The van der Waals surface area contributed by atoms with Gasteiger partial charge >= 0.3 is 5.69 Å². The molecule has 4 aromatic rings. The van der Waals surface area contributed by atoms with Gasteiger partial charge in [0, 0.05) is 17.5 Å². The van der Waals surface area contributed by atoms with Crippen molar-refractivity contribution in [3.05, 3.63) is 91.4 Å². The van der Waals surface area contributed by atoms with Crippen LogP contribution in [0.1, 0.15) is 16.0 Å². The minimum absolute atomic E-state index is 0.173. The van der Waals surface area contributed by atoms with E-state index in [4.69, 9.17) is 4.74 Å². The number of hydrogen-bond acceptors (Lipinski definition) is 5. The molecule has 2 aromatic carbocycles. The smallest absolute Gasteiger partial charge is 0.337 e. The molecule has 2 heterocycles. The van der Waals surface area contributed by atoms with E-state index in [1.165, 1.54) is 23.0 Å². The lowest BCUT2D eigenvalue weighted by Crippen LogP contribution is -2.41. The van der Waals surface area contributed by atoms with Crippen molar-refractivity contribution in [1.29, 1.82) is 0 Å². The first-order valence-corrected chi connectivity index (χ1v) is 11.4. The lowest BCUT2D eigenvalue weighted by atomic mass is 10.1. The van der Waals surface area contributed by atoms with Crippen molar-refractivity contribution in [3.63, 3.8) is 0 Å². The molecular weight excluding hydrogens is 438 g/mol. The molecule has 0 saturated heterocycles. The molecule has 0 saturated carbocycles. The number of carbonyl (C=O) groups excluding carboxylic acids is 1. The number of ether oxygens (including phenoxy) is 1. The molecule has 8 heteroatoms. The van der Waals surface area contributed by atoms with Crippen molar-refractivity contribution < 1.29 is 9.53 Å². The van der Waals surface area contributed by atoms with Crippen molar-refractivity contribution in [3.8, 4) is 11.4 Å². The highest BCUT2D eigenvalue weighted by atomic mass is 32.1. The normalized spacial score (nSPS) is 11.0. The zero-order valence-electron chi connectivity index (χ0n) is 18.8. The topological polar surface area (TPSA) is 82.3 Å². The molecule has 0 aliphatic rings. The van der Waals surface area contributed by atoms with E-state index in [2.05, 4.69) is 5.32 Å². The maximum atomic E-state index is 13.5. The number of thiophene rings is 1. The Morgan fingerprint density at radius 2 is 1.82 bits per heavy atom. The van der Waals surface area contributed by atoms with Gasteiger partial charge in [-0.2, -0.15) is 0 Å². The van der Waals surface area contributed by atoms with Crippen LogP contribution in [0.15, 0.2) is 64.2 Å². The Labute approximate surface area is 194 Å². The summed E-state index contributed by atoms with van der Waals surface area (Å²) in [6, 6.07) is 16.6. The summed E-state index contributed by atoms with van der Waals surface area (Å²) in [6.45, 7) is 4.05. The summed E-state index contributed by atoms with van der Waals surface area (Å²) in [5, 5.41) is 3.34. The van der Waals surface area contributed by atoms with E-state index in [9.17, 15) is 14.4 Å². The molecule has 4 rings (SSSR count). The van der Waals surface area contributed by atoms with Gasteiger partial charge in [0.25, 0.3) is 5.56 Å². The molecule has 0 aliphatic heterocycles. The van der Waals surface area contributed by atoms with E-state index in [1.54, 1.807) is 24.3 Å². The number of hydrogen-bond donors (Lipinski definition) is 1. The Balaban J connectivity index is 1.72. The maximum Gasteiger partial charge on any atom is 0.337 e. The monoisotopic (exact) mass is 463 g/mol. The van der Waals surface area contributed by atoms with Gasteiger partial charge in [-0.1, -0.05) is 36.4 Å². The number of methoxy groups -OCH3 is 1. The molecule has 1 N–H and O–H groups in total. The van der Waals surface area contributed by atoms with Crippen LogP contribution in [0.5, 0.6) is 5.75 Å². The number of rotatable bonds is 7. The highest BCUT2D eigenvalue weighted by Gasteiger charge is 2.21. The van der Waals surface area contributed by atoms with E-state index in [0.717, 1.165) is 20.6 Å². The molecule has 0 fully saturated rings. The van der Waals surface area contributed by atoms with Gasteiger partial charge < -0.3 is 10.1 Å². The second-order valence-electron chi connectivity index (χ2n) is 7.76. The third-order valence-electron chi connectivity index (χ3n) is 5.64. The van der Waals surface area contributed by atoms with Crippen LogP contribution in [0, 0.1) is 13.8 Å². The zero-order valence-corrected chi connectivity index (χ0v) is 19.6. The van der Waals surface area contributed by atoms with Crippen molar-refractivity contribution in [2.75, 3.05) is 13.7 Å². The van der Waals surface area contributed by atoms with E-state index in [0.29, 0.717) is 34.6 Å². The molecule has 7 nitrogen and oxygen atoms in total. The van der Waals surface area contributed by atoms with E-state index >= 15 is 0 Å². The molecule has 170 valence electrons. The fourth-order valence-electron chi connectivity index (χ4n) is 3.76. The summed E-state index contributed by atoms with van der Waals surface area (Å²) >= 11 is 1.35. The highest BCUT2D eigenvalue weighted by Crippen LogP contribution is 2.27. The second kappa shape index (κ2) is 9.46. The molecular formula is C25H25N3O4S. The summed E-state index contributed by atoms with van der Waals surface area (Å²) in [4.78, 5) is 41.0. The number of nitrogens with one attached hydrogen (secondary N) is 1. The van der Waals surface area contributed by atoms with Crippen LogP contribution in [-0.2, 0) is 17.8 Å². The molecule has 0 atom stereocenters. The number of amides is 1. The highest BCUT2D eigenvalue weighted by molar-refractivity contribution is 7.18. The van der Waals surface area contributed by atoms with Gasteiger partial charge in [0.15, 0.2) is 0 Å². The summed E-state index contributed by atoms with van der Waals surface area (Å²) in [5.74, 6) is 0.246. The number of fused-ring (bicyclic) bond motifs is 1. The molecule has 2 aromatic heterocycles. The molecule has 1 amide bonds. The van der Waals surface area contributed by atoms with E-state index in [-0.39, 0.29) is 12.5 Å². The first-order valence-electron chi connectivity index (χ1n) is 10.6. The Morgan fingerprint density at radius 1 is 1.06 bits per heavy atom. The first-order chi connectivity index (χ1) is 15.9. The van der Waals surface area contributed by atoms with Crippen LogP contribution in [0.25, 0.3) is 15.9 Å². The average molecular weight is 464 g/mol. The van der Waals surface area contributed by atoms with Crippen LogP contribution >= 0.6 is 11.3 Å². The zero-order chi connectivity index (χ0) is 23.5. The minimum atomic E-state index is -0.555. The lowest BCUT2D eigenvalue weighted by Gasteiger charge is -2.13. The summed E-state index contributed by atoms with van der Waals surface area (Å²) in [5.41, 5.74) is 1.38. The van der Waals surface area contributed by atoms with Crippen molar-refractivity contribution in [1.82, 2.24) is 14.5 Å². The SMILES string of the molecule is COc1cccc(-n2c(=O)c3c(C)c(C)sc3n(CC(=O)NCCc3ccccc3)c2=O)c1. The Kier molecular flexibility index (Phi) is 6.46. The summed E-state index contributed by atoms with van der Waals surface area (Å²) in [7, 11) is 1.52. The number of nitrogens with zero attached hydrogens (tertiary/aromatic N) is 2. The molecule has 0 radical (unpaired) electrons. The third kappa shape index (κ3) is 4.47. The Bertz CT molecular complexity index is 1430.